The molecule has 0 fully saturated rings. The highest BCUT2D eigenvalue weighted by molar-refractivity contribution is 5.94. The average molecular weight is 317 g/mol. The highest BCUT2D eigenvalue weighted by Crippen LogP contribution is 2.32. The summed E-state index contributed by atoms with van der Waals surface area (Å²) in [5.41, 5.74) is 1.62. The molecule has 1 aromatic heterocycles. The quantitative estimate of drug-likeness (QED) is 0.743. The molecule has 2 nitrogen and oxygen atoms in total. The number of nitrogens with zero attached hydrogens (tertiary/aromatic N) is 1. The zero-order valence-corrected chi connectivity index (χ0v) is 12.1. The summed E-state index contributed by atoms with van der Waals surface area (Å²) in [4.78, 5) is 4.36. The van der Waals surface area contributed by atoms with E-state index in [2.05, 4.69) is 4.98 Å². The molecular formula is C18H14F3NO. The Balaban J connectivity index is 1.93. The van der Waals surface area contributed by atoms with E-state index in [1.165, 1.54) is 12.1 Å². The molecule has 0 radical (unpaired) electrons. The predicted octanol–water partition coefficient (Wildman–Crippen LogP) is 4.89. The lowest BCUT2D eigenvalue weighted by Crippen LogP contribution is -2.16. The van der Waals surface area contributed by atoms with Gasteiger partial charge >= 0.3 is 6.11 Å². The predicted molar refractivity (Wildman–Crippen MR) is 82.8 cm³/mol. The van der Waals surface area contributed by atoms with Crippen molar-refractivity contribution >= 4 is 10.8 Å². The maximum absolute atomic E-state index is 13.8. The second-order valence-electron chi connectivity index (χ2n) is 5.34. The molecule has 0 spiro atoms. The van der Waals surface area contributed by atoms with Gasteiger partial charge in [-0.05, 0) is 17.0 Å². The molecule has 1 unspecified atom stereocenters. The van der Waals surface area contributed by atoms with E-state index in [1.54, 1.807) is 18.3 Å². The van der Waals surface area contributed by atoms with Gasteiger partial charge in [-0.3, -0.25) is 4.98 Å². The lowest BCUT2D eigenvalue weighted by molar-refractivity contribution is -0.212. The molecule has 0 saturated carbocycles. The topological polar surface area (TPSA) is 33.1 Å². The molecule has 0 aliphatic heterocycles. The summed E-state index contributed by atoms with van der Waals surface area (Å²) in [6.07, 6.45) is -5.51. The summed E-state index contributed by atoms with van der Waals surface area (Å²) in [5.74, 6) is 0. The van der Waals surface area contributed by atoms with Crippen molar-refractivity contribution in [2.45, 2.75) is 18.7 Å². The third-order valence-corrected chi connectivity index (χ3v) is 3.64. The molecule has 0 bridgehead atoms. The van der Waals surface area contributed by atoms with E-state index in [1.807, 2.05) is 30.3 Å². The van der Waals surface area contributed by atoms with E-state index in [-0.39, 0.29) is 5.56 Å². The van der Waals surface area contributed by atoms with Crippen molar-refractivity contribution in [1.82, 2.24) is 4.98 Å². The molecule has 3 aromatic rings. The molecule has 5 heteroatoms. The summed E-state index contributed by atoms with van der Waals surface area (Å²) in [6, 6.07) is 15.8. The van der Waals surface area contributed by atoms with Crippen LogP contribution < -0.4 is 0 Å². The Bertz CT molecular complexity index is 807. The number of hydrogen-bond acceptors (Lipinski definition) is 2. The van der Waals surface area contributed by atoms with Gasteiger partial charge in [-0.15, -0.1) is 0 Å². The van der Waals surface area contributed by atoms with Gasteiger partial charge in [-0.1, -0.05) is 48.5 Å². The lowest BCUT2D eigenvalue weighted by Gasteiger charge is -2.13. The second-order valence-corrected chi connectivity index (χ2v) is 5.34. The summed E-state index contributed by atoms with van der Waals surface area (Å²) in [7, 11) is 0. The standard InChI is InChI=1S/C18H14F3NO/c19-16(11-18(20,21)23)13-5-7-14(8-6-13)17-15-4-2-1-3-12(15)9-10-22-17/h1-10,16,23H,11H2. The molecule has 118 valence electrons. The van der Waals surface area contributed by atoms with Crippen molar-refractivity contribution in [3.05, 3.63) is 66.4 Å². The van der Waals surface area contributed by atoms with Gasteiger partial charge in [0.05, 0.1) is 12.1 Å². The van der Waals surface area contributed by atoms with Crippen LogP contribution in [-0.4, -0.2) is 16.2 Å². The number of hydrogen-bond donors (Lipinski definition) is 1. The summed E-state index contributed by atoms with van der Waals surface area (Å²) in [5, 5.41) is 10.4. The van der Waals surface area contributed by atoms with Gasteiger partial charge in [0.15, 0.2) is 0 Å². The molecule has 0 aliphatic carbocycles. The maximum Gasteiger partial charge on any atom is 0.356 e. The largest absolute Gasteiger partial charge is 0.356 e. The third kappa shape index (κ3) is 3.51. The monoisotopic (exact) mass is 317 g/mol. The van der Waals surface area contributed by atoms with Crippen LogP contribution in [0.25, 0.3) is 22.0 Å². The Morgan fingerprint density at radius 2 is 1.70 bits per heavy atom. The normalized spacial score (nSPS) is 13.2. The molecule has 0 saturated heterocycles. The van der Waals surface area contributed by atoms with E-state index in [9.17, 15) is 13.2 Å². The van der Waals surface area contributed by atoms with E-state index >= 15 is 0 Å². The van der Waals surface area contributed by atoms with Crippen molar-refractivity contribution in [1.29, 1.82) is 0 Å². The van der Waals surface area contributed by atoms with Crippen molar-refractivity contribution in [2.75, 3.05) is 0 Å². The molecule has 1 atom stereocenters. The van der Waals surface area contributed by atoms with Crippen LogP contribution in [0.15, 0.2) is 60.8 Å². The maximum atomic E-state index is 13.8. The van der Waals surface area contributed by atoms with Crippen LogP contribution in [0.3, 0.4) is 0 Å². The van der Waals surface area contributed by atoms with Gasteiger partial charge in [0.2, 0.25) is 0 Å². The van der Waals surface area contributed by atoms with Gasteiger partial charge in [0, 0.05) is 17.1 Å². The average Bonchev–Trinajstić information content (AvgIpc) is 2.53. The van der Waals surface area contributed by atoms with Crippen molar-refractivity contribution in [2.24, 2.45) is 0 Å². The van der Waals surface area contributed by atoms with E-state index in [4.69, 9.17) is 5.11 Å². The molecule has 1 N–H and O–H groups in total. The zero-order chi connectivity index (χ0) is 16.4. The first-order chi connectivity index (χ1) is 10.9. The number of rotatable bonds is 4. The van der Waals surface area contributed by atoms with E-state index in [0.717, 1.165) is 22.0 Å². The number of aliphatic hydroxyl groups is 1. The van der Waals surface area contributed by atoms with Crippen molar-refractivity contribution in [3.8, 4) is 11.3 Å². The molecule has 3 rings (SSSR count). The van der Waals surface area contributed by atoms with Crippen LogP contribution in [0.4, 0.5) is 13.2 Å². The Kier molecular flexibility index (Phi) is 4.05. The molecule has 0 amide bonds. The first-order valence-electron chi connectivity index (χ1n) is 7.12. The van der Waals surface area contributed by atoms with Crippen LogP contribution in [0.2, 0.25) is 0 Å². The Labute approximate surface area is 131 Å². The summed E-state index contributed by atoms with van der Waals surface area (Å²) >= 11 is 0. The van der Waals surface area contributed by atoms with E-state index < -0.39 is 18.7 Å². The molecule has 0 aliphatic rings. The smallest absolute Gasteiger partial charge is 0.336 e. The first kappa shape index (κ1) is 15.5. The van der Waals surface area contributed by atoms with Gasteiger partial charge in [0.1, 0.15) is 6.17 Å². The van der Waals surface area contributed by atoms with E-state index in [0.29, 0.717) is 0 Å². The molecule has 1 heterocycles. The molecule has 23 heavy (non-hydrogen) atoms. The fraction of sp³-hybridized carbons (Fsp3) is 0.167. The molecular weight excluding hydrogens is 303 g/mol. The van der Waals surface area contributed by atoms with Crippen LogP contribution in [-0.2, 0) is 0 Å². The third-order valence-electron chi connectivity index (χ3n) is 3.64. The van der Waals surface area contributed by atoms with Crippen molar-refractivity contribution < 1.29 is 18.3 Å². The highest BCUT2D eigenvalue weighted by Gasteiger charge is 2.30. The fourth-order valence-electron chi connectivity index (χ4n) is 2.53. The Hall–Kier alpha value is -2.40. The Morgan fingerprint density at radius 1 is 1.00 bits per heavy atom. The first-order valence-corrected chi connectivity index (χ1v) is 7.12. The summed E-state index contributed by atoms with van der Waals surface area (Å²) in [6.45, 7) is 0. The van der Waals surface area contributed by atoms with Gasteiger partial charge in [-0.25, -0.2) is 4.39 Å². The second kappa shape index (κ2) is 6.01. The highest BCUT2D eigenvalue weighted by atomic mass is 19.3. The zero-order valence-electron chi connectivity index (χ0n) is 12.1. The number of pyridine rings is 1. The van der Waals surface area contributed by atoms with Gasteiger partial charge in [-0.2, -0.15) is 8.78 Å². The fourth-order valence-corrected chi connectivity index (χ4v) is 2.53. The number of halogens is 3. The number of fused-ring (bicyclic) bond motifs is 1. The number of alkyl halides is 3. The number of benzene rings is 2. The molecule has 2 aromatic carbocycles. The van der Waals surface area contributed by atoms with Crippen LogP contribution >= 0.6 is 0 Å². The number of aromatic nitrogens is 1. The van der Waals surface area contributed by atoms with Gasteiger partial charge in [0.25, 0.3) is 0 Å². The van der Waals surface area contributed by atoms with Gasteiger partial charge < -0.3 is 5.11 Å². The van der Waals surface area contributed by atoms with Crippen LogP contribution in [0.1, 0.15) is 18.2 Å². The lowest BCUT2D eigenvalue weighted by atomic mass is 10.0. The minimum absolute atomic E-state index is 0.0997. The van der Waals surface area contributed by atoms with Crippen LogP contribution in [0, 0.1) is 0 Å². The SMILES string of the molecule is OC(F)(F)CC(F)c1ccc(-c2nccc3ccccc23)cc1. The van der Waals surface area contributed by atoms with Crippen LogP contribution in [0.5, 0.6) is 0 Å². The summed E-state index contributed by atoms with van der Waals surface area (Å²) < 4.78 is 38.7. The Morgan fingerprint density at radius 3 is 2.39 bits per heavy atom. The minimum Gasteiger partial charge on any atom is -0.336 e. The van der Waals surface area contributed by atoms with Crippen molar-refractivity contribution in [3.63, 3.8) is 0 Å². The minimum atomic E-state index is -4.02.